The zero-order chi connectivity index (χ0) is 20.4. The summed E-state index contributed by atoms with van der Waals surface area (Å²) in [6.45, 7) is 2.48. The van der Waals surface area contributed by atoms with Crippen molar-refractivity contribution in [2.24, 2.45) is 0 Å². The second kappa shape index (κ2) is 8.46. The molecule has 1 saturated heterocycles. The van der Waals surface area contributed by atoms with Crippen molar-refractivity contribution in [2.45, 2.75) is 44.6 Å². The van der Waals surface area contributed by atoms with Gasteiger partial charge in [-0.3, -0.25) is 4.79 Å². The first-order valence-electron chi connectivity index (χ1n) is 10.1. The number of nitrogens with one attached hydrogen (secondary N) is 1. The molecule has 2 aromatic rings. The molecule has 6 heteroatoms. The molecule has 152 valence electrons. The molecule has 5 nitrogen and oxygen atoms in total. The second-order valence-electron chi connectivity index (χ2n) is 7.44. The van der Waals surface area contributed by atoms with Crippen LogP contribution in [0.5, 0.6) is 11.6 Å². The smallest absolute Gasteiger partial charge is 0.220 e. The fourth-order valence-electron chi connectivity index (χ4n) is 3.70. The van der Waals surface area contributed by atoms with Crippen molar-refractivity contribution in [1.29, 1.82) is 0 Å². The van der Waals surface area contributed by atoms with Gasteiger partial charge in [0.15, 0.2) is 0 Å². The molecule has 0 radical (unpaired) electrons. The number of benzene rings is 1. The number of methoxy groups -OCH3 is 1. The average Bonchev–Trinajstić information content (AvgIpc) is 3.49. The summed E-state index contributed by atoms with van der Waals surface area (Å²) in [5.74, 6) is 1.95. The van der Waals surface area contributed by atoms with E-state index in [2.05, 4.69) is 17.5 Å². The van der Waals surface area contributed by atoms with Gasteiger partial charge in [0, 0.05) is 23.6 Å². The van der Waals surface area contributed by atoms with Crippen molar-refractivity contribution in [3.63, 3.8) is 0 Å². The molecule has 1 amide bonds. The van der Waals surface area contributed by atoms with Crippen LogP contribution in [0.3, 0.4) is 0 Å². The summed E-state index contributed by atoms with van der Waals surface area (Å²) in [6.07, 6.45) is 5.74. The highest BCUT2D eigenvalue weighted by molar-refractivity contribution is 6.32. The first-order valence-corrected chi connectivity index (χ1v) is 10.5. The van der Waals surface area contributed by atoms with Crippen LogP contribution in [0.2, 0.25) is 5.02 Å². The van der Waals surface area contributed by atoms with Crippen LogP contribution in [0.25, 0.3) is 5.57 Å². The van der Waals surface area contributed by atoms with Gasteiger partial charge >= 0.3 is 0 Å². The number of aromatic nitrogens is 1. The molecule has 1 saturated carbocycles. The highest BCUT2D eigenvalue weighted by Crippen LogP contribution is 2.44. The highest BCUT2D eigenvalue weighted by atomic mass is 35.5. The Labute approximate surface area is 176 Å². The van der Waals surface area contributed by atoms with Gasteiger partial charge in [0.25, 0.3) is 0 Å². The zero-order valence-corrected chi connectivity index (χ0v) is 17.5. The summed E-state index contributed by atoms with van der Waals surface area (Å²) < 4.78 is 11.1. The van der Waals surface area contributed by atoms with Crippen LogP contribution in [0.4, 0.5) is 0 Å². The van der Waals surface area contributed by atoms with Gasteiger partial charge in [0.05, 0.1) is 24.4 Å². The van der Waals surface area contributed by atoms with Crippen LogP contribution in [0, 0.1) is 0 Å². The molecule has 1 aliphatic carbocycles. The lowest BCUT2D eigenvalue weighted by Gasteiger charge is -2.15. The number of hydrogen-bond donors (Lipinski definition) is 1. The number of amides is 1. The molecule has 4 rings (SSSR count). The van der Waals surface area contributed by atoms with Crippen LogP contribution < -0.4 is 14.8 Å². The first-order chi connectivity index (χ1) is 14.1. The third-order valence-electron chi connectivity index (χ3n) is 5.32. The number of rotatable bonds is 7. The molecule has 1 aromatic carbocycles. The first kappa shape index (κ1) is 19.8. The Bertz CT molecular complexity index is 953. The molecule has 2 heterocycles. The van der Waals surface area contributed by atoms with Gasteiger partial charge < -0.3 is 14.8 Å². The summed E-state index contributed by atoms with van der Waals surface area (Å²) in [6, 6.07) is 9.84. The van der Waals surface area contributed by atoms with Crippen molar-refractivity contribution < 1.29 is 14.3 Å². The van der Waals surface area contributed by atoms with E-state index in [-0.39, 0.29) is 11.9 Å². The number of halogens is 1. The molecule has 0 bridgehead atoms. The van der Waals surface area contributed by atoms with E-state index in [9.17, 15) is 4.79 Å². The molecule has 1 N–H and O–H groups in total. The Balaban J connectivity index is 1.76. The van der Waals surface area contributed by atoms with E-state index in [1.54, 1.807) is 7.11 Å². The van der Waals surface area contributed by atoms with Crippen LogP contribution in [0.15, 0.2) is 36.4 Å². The van der Waals surface area contributed by atoms with Crippen molar-refractivity contribution in [3.8, 4) is 11.6 Å². The Morgan fingerprint density at radius 1 is 1.28 bits per heavy atom. The Morgan fingerprint density at radius 3 is 2.72 bits per heavy atom. The highest BCUT2D eigenvalue weighted by Gasteiger charge is 2.28. The minimum atomic E-state index is -0.0289. The van der Waals surface area contributed by atoms with Gasteiger partial charge in [-0.05, 0) is 55.9 Å². The van der Waals surface area contributed by atoms with Gasteiger partial charge in [-0.1, -0.05) is 29.8 Å². The molecule has 2 aliphatic rings. The van der Waals surface area contributed by atoms with Crippen molar-refractivity contribution >= 4 is 23.1 Å². The Kier molecular flexibility index (Phi) is 5.76. The maximum atomic E-state index is 11.7. The van der Waals surface area contributed by atoms with Crippen LogP contribution in [0.1, 0.15) is 55.3 Å². The van der Waals surface area contributed by atoms with Gasteiger partial charge in [-0.2, -0.15) is 0 Å². The number of hydrogen-bond acceptors (Lipinski definition) is 4. The van der Waals surface area contributed by atoms with E-state index in [1.807, 2.05) is 31.2 Å². The van der Waals surface area contributed by atoms with E-state index in [0.717, 1.165) is 28.8 Å². The van der Waals surface area contributed by atoms with E-state index in [1.165, 1.54) is 12.8 Å². The largest absolute Gasteiger partial charge is 0.492 e. The van der Waals surface area contributed by atoms with E-state index in [4.69, 9.17) is 26.1 Å². The maximum absolute atomic E-state index is 11.7. The van der Waals surface area contributed by atoms with Gasteiger partial charge in [-0.15, -0.1) is 0 Å². The number of carbonyl (C=O) groups is 1. The topological polar surface area (TPSA) is 60.5 Å². The fourth-order valence-corrected chi connectivity index (χ4v) is 3.94. The lowest BCUT2D eigenvalue weighted by Crippen LogP contribution is -2.23. The monoisotopic (exact) mass is 412 g/mol. The fraction of sp³-hybridized carbons (Fsp3) is 0.391. The lowest BCUT2D eigenvalue weighted by atomic mass is 9.98. The molecule has 2 fully saturated rings. The second-order valence-corrected chi connectivity index (χ2v) is 7.85. The maximum Gasteiger partial charge on any atom is 0.220 e. The summed E-state index contributed by atoms with van der Waals surface area (Å²) in [7, 11) is 1.66. The van der Waals surface area contributed by atoms with Crippen molar-refractivity contribution in [2.75, 3.05) is 13.7 Å². The van der Waals surface area contributed by atoms with Gasteiger partial charge in [-0.25, -0.2) is 4.98 Å². The molecule has 0 spiro atoms. The summed E-state index contributed by atoms with van der Waals surface area (Å²) in [5.41, 5.74) is 3.80. The summed E-state index contributed by atoms with van der Waals surface area (Å²) in [5, 5.41) is 3.55. The molecule has 1 aromatic heterocycles. The lowest BCUT2D eigenvalue weighted by molar-refractivity contribution is -0.119. The predicted octanol–water partition coefficient (Wildman–Crippen LogP) is 4.73. The molecule has 1 atom stereocenters. The molecule has 29 heavy (non-hydrogen) atoms. The van der Waals surface area contributed by atoms with E-state index < -0.39 is 0 Å². The van der Waals surface area contributed by atoms with E-state index in [0.29, 0.717) is 35.6 Å². The van der Waals surface area contributed by atoms with Crippen LogP contribution >= 0.6 is 11.6 Å². The Morgan fingerprint density at radius 2 is 2.10 bits per heavy atom. The number of carbonyl (C=O) groups excluding carboxylic acids is 1. The quantitative estimate of drug-likeness (QED) is 0.714. The molecule has 1 aliphatic heterocycles. The van der Waals surface area contributed by atoms with Gasteiger partial charge in [0.1, 0.15) is 5.75 Å². The third kappa shape index (κ3) is 4.40. The summed E-state index contributed by atoms with van der Waals surface area (Å²) in [4.78, 5) is 16.5. The SMILES string of the molecule is CCOc1ccc(/C(=C/[C@H]2CCC(=O)N2)c2ccc(C3CC3)c(OC)n2)cc1Cl. The van der Waals surface area contributed by atoms with Crippen LogP contribution in [-0.4, -0.2) is 30.6 Å². The third-order valence-corrected chi connectivity index (χ3v) is 5.61. The van der Waals surface area contributed by atoms with E-state index >= 15 is 0 Å². The molecule has 0 unspecified atom stereocenters. The van der Waals surface area contributed by atoms with Gasteiger partial charge in [0.2, 0.25) is 11.8 Å². The minimum absolute atomic E-state index is 0.0289. The standard InChI is InChI=1S/C23H25ClN2O3/c1-3-29-21-10-6-15(12-19(21)24)18(13-16-7-11-22(27)25-16)20-9-8-17(14-4-5-14)23(26-20)28-2/h6,8-10,12-14,16H,3-5,7,11H2,1-2H3,(H,25,27)/b18-13-/t16-/m1/s1. The average molecular weight is 413 g/mol. The minimum Gasteiger partial charge on any atom is -0.492 e. The number of nitrogens with zero attached hydrogens (tertiary/aromatic N) is 1. The normalized spacial score (nSPS) is 19.2. The number of ether oxygens (including phenoxy) is 2. The van der Waals surface area contributed by atoms with Crippen molar-refractivity contribution in [1.82, 2.24) is 10.3 Å². The van der Waals surface area contributed by atoms with Crippen LogP contribution in [-0.2, 0) is 4.79 Å². The zero-order valence-electron chi connectivity index (χ0n) is 16.7. The Hall–Kier alpha value is -2.53. The number of pyridine rings is 1. The summed E-state index contributed by atoms with van der Waals surface area (Å²) >= 11 is 6.45. The molecular weight excluding hydrogens is 388 g/mol. The predicted molar refractivity (Wildman–Crippen MR) is 114 cm³/mol. The molecular formula is C23H25ClN2O3. The van der Waals surface area contributed by atoms with Crippen molar-refractivity contribution in [3.05, 3.63) is 58.3 Å².